The summed E-state index contributed by atoms with van der Waals surface area (Å²) in [7, 11) is 0. The van der Waals surface area contributed by atoms with Crippen molar-refractivity contribution in [2.75, 3.05) is 9.80 Å². The van der Waals surface area contributed by atoms with Crippen LogP contribution in [0.2, 0.25) is 0 Å². The van der Waals surface area contributed by atoms with Crippen molar-refractivity contribution >= 4 is 57.2 Å². The maximum atomic E-state index is 7.24. The summed E-state index contributed by atoms with van der Waals surface area (Å²) < 4.78 is 7.24. The summed E-state index contributed by atoms with van der Waals surface area (Å²) in [4.78, 5) is 5.11. The smallest absolute Gasteiger partial charge is 0.256 e. The van der Waals surface area contributed by atoms with Gasteiger partial charge in [0.1, 0.15) is 11.5 Å². The van der Waals surface area contributed by atoms with Crippen LogP contribution in [0.25, 0.3) is 22.3 Å². The molecule has 0 fully saturated rings. The third-order valence-corrected chi connectivity index (χ3v) is 15.7. The molecule has 356 valence electrons. The molecule has 1 aliphatic carbocycles. The van der Waals surface area contributed by atoms with Crippen LogP contribution in [0.3, 0.4) is 0 Å². The van der Waals surface area contributed by atoms with Gasteiger partial charge in [-0.1, -0.05) is 200 Å². The normalized spacial score (nSPS) is 14.5. The fourth-order valence-corrected chi connectivity index (χ4v) is 11.6. The topological polar surface area (TPSA) is 15.7 Å². The minimum atomic E-state index is -0.322. The van der Waals surface area contributed by atoms with Gasteiger partial charge in [-0.2, -0.15) is 0 Å². The van der Waals surface area contributed by atoms with E-state index in [-0.39, 0.29) is 33.8 Å². The van der Waals surface area contributed by atoms with Gasteiger partial charge in [0.05, 0.1) is 5.69 Å². The van der Waals surface area contributed by atoms with Crippen molar-refractivity contribution in [2.24, 2.45) is 0 Å². The lowest BCUT2D eigenvalue weighted by atomic mass is 9.33. The van der Waals surface area contributed by atoms with E-state index in [0.29, 0.717) is 0 Å². The largest absolute Gasteiger partial charge is 0.458 e. The summed E-state index contributed by atoms with van der Waals surface area (Å²) in [5, 5.41) is 0. The molecule has 0 aromatic heterocycles. The van der Waals surface area contributed by atoms with Crippen LogP contribution < -0.4 is 30.9 Å². The zero-order valence-electron chi connectivity index (χ0n) is 44.5. The lowest BCUT2D eigenvalue weighted by molar-refractivity contribution is 0.486. The maximum absolute atomic E-state index is 7.24. The van der Waals surface area contributed by atoms with Crippen LogP contribution in [0.1, 0.15) is 130 Å². The van der Waals surface area contributed by atoms with Crippen LogP contribution in [0.15, 0.2) is 164 Å². The molecule has 8 aromatic carbocycles. The molecule has 0 amide bonds. The van der Waals surface area contributed by atoms with E-state index in [2.05, 4.69) is 271 Å². The van der Waals surface area contributed by atoms with Crippen molar-refractivity contribution in [3.63, 3.8) is 0 Å². The van der Waals surface area contributed by atoms with Gasteiger partial charge in [-0.3, -0.25) is 0 Å². The number of hydrogen-bond acceptors (Lipinski definition) is 3. The highest BCUT2D eigenvalue weighted by molar-refractivity contribution is 6.99. The molecule has 3 aliphatic rings. The minimum Gasteiger partial charge on any atom is -0.458 e. The van der Waals surface area contributed by atoms with Gasteiger partial charge in [0.15, 0.2) is 0 Å². The Morgan fingerprint density at radius 2 is 0.958 bits per heavy atom. The Morgan fingerprint density at radius 3 is 1.55 bits per heavy atom. The van der Waals surface area contributed by atoms with Crippen molar-refractivity contribution in [3.8, 4) is 33.8 Å². The SMILES string of the molecule is CC(C)(C)c1ccc(N(c2ccc(C(C)(C)C)cc2)c2cc3c(c(N4c5ccc(C(C)(C)C)cc5B5c6cc(C(C)(C)C)ccc6Oc6cc(-c7ccccc7)cc4c65)c2)C(C)(C)c2ccccc2-3)cc1. The fraction of sp³-hybridized carbons (Fsp3) is 0.284. The van der Waals surface area contributed by atoms with Crippen LogP contribution in [-0.2, 0) is 27.1 Å². The molecule has 71 heavy (non-hydrogen) atoms. The third-order valence-electron chi connectivity index (χ3n) is 15.7. The predicted molar refractivity (Wildman–Crippen MR) is 305 cm³/mol. The van der Waals surface area contributed by atoms with Crippen molar-refractivity contribution < 1.29 is 4.74 Å². The Balaban J connectivity index is 1.25. The number of rotatable bonds is 5. The molecule has 0 unspecified atom stereocenters. The quantitative estimate of drug-likeness (QED) is 0.160. The second kappa shape index (κ2) is 16.1. The summed E-state index contributed by atoms with van der Waals surface area (Å²) in [5.41, 5.74) is 22.9. The summed E-state index contributed by atoms with van der Waals surface area (Å²) >= 11 is 0. The van der Waals surface area contributed by atoms with Crippen LogP contribution >= 0.6 is 0 Å². The average molecular weight is 929 g/mol. The number of fused-ring (bicyclic) bond motifs is 7. The van der Waals surface area contributed by atoms with Gasteiger partial charge in [-0.05, 0) is 154 Å². The molecular formula is C67H69BN2O. The molecule has 2 aliphatic heterocycles. The van der Waals surface area contributed by atoms with E-state index in [4.69, 9.17) is 4.74 Å². The Hall–Kier alpha value is -6.78. The van der Waals surface area contributed by atoms with Gasteiger partial charge in [-0.15, -0.1) is 0 Å². The average Bonchev–Trinajstić information content (AvgIpc) is 3.56. The van der Waals surface area contributed by atoms with E-state index >= 15 is 0 Å². The number of hydrogen-bond donors (Lipinski definition) is 0. The van der Waals surface area contributed by atoms with E-state index in [0.717, 1.165) is 45.4 Å². The van der Waals surface area contributed by atoms with E-state index in [1.165, 1.54) is 72.3 Å². The van der Waals surface area contributed by atoms with Gasteiger partial charge in [-0.25, -0.2) is 0 Å². The Bertz CT molecular complexity index is 3330. The van der Waals surface area contributed by atoms with Crippen LogP contribution in [0, 0.1) is 0 Å². The summed E-state index contributed by atoms with van der Waals surface area (Å²) in [5.74, 6) is 1.84. The second-order valence-electron chi connectivity index (χ2n) is 25.2. The van der Waals surface area contributed by atoms with Crippen molar-refractivity contribution in [2.45, 2.75) is 124 Å². The first kappa shape index (κ1) is 46.6. The summed E-state index contributed by atoms with van der Waals surface area (Å²) in [6, 6.07) is 62.4. The van der Waals surface area contributed by atoms with Gasteiger partial charge in [0.2, 0.25) is 0 Å². The zero-order chi connectivity index (χ0) is 50.2. The van der Waals surface area contributed by atoms with E-state index in [1.807, 2.05) is 0 Å². The highest BCUT2D eigenvalue weighted by atomic mass is 16.5. The lowest BCUT2D eigenvalue weighted by Crippen LogP contribution is -2.60. The number of anilines is 6. The molecule has 0 N–H and O–H groups in total. The van der Waals surface area contributed by atoms with E-state index in [9.17, 15) is 0 Å². The zero-order valence-corrected chi connectivity index (χ0v) is 44.5. The molecule has 8 aromatic rings. The van der Waals surface area contributed by atoms with Crippen molar-refractivity contribution in [3.05, 3.63) is 197 Å². The van der Waals surface area contributed by atoms with E-state index in [1.54, 1.807) is 0 Å². The standard InChI is InChI=1S/C67H69BN2O/c1-63(2,3)44-24-30-48(31-25-44)69(49-32-26-45(27-33-49)64(4,5)6)50-40-52-51-22-18-19-23-53(51)67(13,14)61(52)57(41-50)70-56-34-28-46(65(7,8)9)38-54(56)68-55-39-47(66(10,11)12)29-35-59(55)71-60-37-43(36-58(70)62(60)68)42-20-16-15-17-21-42/h15-41H,1-14H3. The van der Waals surface area contributed by atoms with Crippen molar-refractivity contribution in [1.29, 1.82) is 0 Å². The number of ether oxygens (including phenoxy) is 1. The minimum absolute atomic E-state index is 0.0199. The maximum Gasteiger partial charge on any atom is 0.256 e. The first-order valence-electron chi connectivity index (χ1n) is 25.8. The molecule has 0 atom stereocenters. The van der Waals surface area contributed by atoms with Crippen LogP contribution in [0.5, 0.6) is 11.5 Å². The van der Waals surface area contributed by atoms with Gasteiger partial charge >= 0.3 is 0 Å². The molecule has 0 spiro atoms. The third kappa shape index (κ3) is 7.81. The molecule has 11 rings (SSSR count). The van der Waals surface area contributed by atoms with Gasteiger partial charge in [0.25, 0.3) is 6.71 Å². The molecule has 0 bridgehead atoms. The molecule has 0 saturated heterocycles. The van der Waals surface area contributed by atoms with Gasteiger partial charge < -0.3 is 14.5 Å². The molecular weight excluding hydrogens is 860 g/mol. The Morgan fingerprint density at radius 1 is 0.423 bits per heavy atom. The fourth-order valence-electron chi connectivity index (χ4n) is 11.6. The first-order valence-corrected chi connectivity index (χ1v) is 25.8. The highest BCUT2D eigenvalue weighted by Crippen LogP contribution is 2.57. The molecule has 4 heteroatoms. The number of nitrogens with zero attached hydrogens (tertiary/aromatic N) is 2. The summed E-state index contributed by atoms with van der Waals surface area (Å²) in [6.45, 7) is 32.5. The molecule has 3 nitrogen and oxygen atoms in total. The van der Waals surface area contributed by atoms with E-state index < -0.39 is 0 Å². The Kier molecular flexibility index (Phi) is 10.6. The lowest BCUT2D eigenvalue weighted by Gasteiger charge is -2.43. The number of benzene rings is 8. The highest BCUT2D eigenvalue weighted by Gasteiger charge is 2.46. The van der Waals surface area contributed by atoms with Crippen LogP contribution in [-0.4, -0.2) is 6.71 Å². The first-order chi connectivity index (χ1) is 33.5. The molecule has 2 heterocycles. The second-order valence-corrected chi connectivity index (χ2v) is 25.2. The summed E-state index contributed by atoms with van der Waals surface area (Å²) in [6.07, 6.45) is 0. The van der Waals surface area contributed by atoms with Crippen LogP contribution in [0.4, 0.5) is 34.1 Å². The van der Waals surface area contributed by atoms with Gasteiger partial charge in [0, 0.05) is 33.9 Å². The van der Waals surface area contributed by atoms with Crippen molar-refractivity contribution in [1.82, 2.24) is 0 Å². The monoisotopic (exact) mass is 929 g/mol. The molecule has 0 saturated carbocycles. The molecule has 0 radical (unpaired) electrons. The predicted octanol–water partition coefficient (Wildman–Crippen LogP) is 16.7. The Labute approximate surface area is 424 Å².